The van der Waals surface area contributed by atoms with Crippen LogP contribution in [0.2, 0.25) is 0 Å². The Bertz CT molecular complexity index is 1710. The van der Waals surface area contributed by atoms with Gasteiger partial charge in [0.05, 0.1) is 31.1 Å². The second kappa shape index (κ2) is 11.3. The van der Waals surface area contributed by atoms with Crippen molar-refractivity contribution in [2.45, 2.75) is 26.0 Å². The summed E-state index contributed by atoms with van der Waals surface area (Å²) in [5.74, 6) is 0.722. The molecule has 0 unspecified atom stereocenters. The number of nitrogens with one attached hydrogen (secondary N) is 2. The number of amides is 1. The van der Waals surface area contributed by atoms with Gasteiger partial charge in [0.15, 0.2) is 5.65 Å². The summed E-state index contributed by atoms with van der Waals surface area (Å²) in [6, 6.07) is 20.5. The van der Waals surface area contributed by atoms with Crippen LogP contribution < -0.4 is 20.1 Å². The van der Waals surface area contributed by atoms with Crippen molar-refractivity contribution in [1.82, 2.24) is 19.9 Å². The molecule has 3 aromatic carbocycles. The lowest BCUT2D eigenvalue weighted by atomic mass is 9.98. The van der Waals surface area contributed by atoms with Gasteiger partial charge in [-0.05, 0) is 79.1 Å². The quantitative estimate of drug-likeness (QED) is 0.222. The first-order valence-electron chi connectivity index (χ1n) is 12.9. The Kier molecular flexibility index (Phi) is 7.58. The number of fused-ring (bicyclic) bond motifs is 1. The largest absolute Gasteiger partial charge is 0.496 e. The zero-order valence-electron chi connectivity index (χ0n) is 23.1. The lowest BCUT2D eigenvalue weighted by Gasteiger charge is -2.19. The minimum absolute atomic E-state index is 0.263. The highest BCUT2D eigenvalue weighted by Crippen LogP contribution is 2.32. The third-order valence-electron chi connectivity index (χ3n) is 6.63. The fourth-order valence-corrected chi connectivity index (χ4v) is 4.34. The molecule has 0 atom stereocenters. The monoisotopic (exact) mass is 555 g/mol. The molecule has 210 valence electrons. The van der Waals surface area contributed by atoms with E-state index in [0.717, 1.165) is 22.3 Å². The van der Waals surface area contributed by atoms with Crippen molar-refractivity contribution < 1.29 is 23.8 Å². The van der Waals surface area contributed by atoms with E-state index in [1.807, 2.05) is 36.5 Å². The zero-order chi connectivity index (χ0) is 29.1. The summed E-state index contributed by atoms with van der Waals surface area (Å²) in [5.41, 5.74) is 3.86. The smallest absolute Gasteiger partial charge is 0.255 e. The molecule has 0 aliphatic heterocycles. The number of aromatic nitrogens is 3. The molecule has 0 fully saturated rings. The Balaban J connectivity index is 1.35. The van der Waals surface area contributed by atoms with Crippen molar-refractivity contribution >= 4 is 23.2 Å². The summed E-state index contributed by atoms with van der Waals surface area (Å²) in [5, 5.41) is 20.9. The molecule has 0 radical (unpaired) electrons. The number of halogens is 1. The number of ether oxygens (including phenoxy) is 2. The summed E-state index contributed by atoms with van der Waals surface area (Å²) in [6.07, 6.45) is 1.84. The van der Waals surface area contributed by atoms with Gasteiger partial charge in [-0.2, -0.15) is 4.98 Å². The number of nitrogens with zero attached hydrogens (tertiary/aromatic N) is 3. The van der Waals surface area contributed by atoms with Crippen molar-refractivity contribution in [3.05, 3.63) is 102 Å². The molecular formula is C31H30FN5O4. The molecule has 0 aliphatic carbocycles. The van der Waals surface area contributed by atoms with E-state index >= 15 is 0 Å². The molecule has 0 bridgehead atoms. The molecule has 1 amide bonds. The molecule has 0 saturated carbocycles. The Morgan fingerprint density at radius 2 is 1.68 bits per heavy atom. The van der Waals surface area contributed by atoms with Crippen molar-refractivity contribution in [3.8, 4) is 22.6 Å². The van der Waals surface area contributed by atoms with E-state index in [0.29, 0.717) is 34.3 Å². The zero-order valence-corrected chi connectivity index (χ0v) is 23.1. The number of carbonyl (C=O) groups is 1. The number of hydrogen-bond donors (Lipinski definition) is 3. The van der Waals surface area contributed by atoms with E-state index in [9.17, 15) is 14.3 Å². The van der Waals surface area contributed by atoms with Gasteiger partial charge in [0.2, 0.25) is 5.95 Å². The molecule has 0 spiro atoms. The van der Waals surface area contributed by atoms with Gasteiger partial charge in [0.25, 0.3) is 5.91 Å². The van der Waals surface area contributed by atoms with Gasteiger partial charge in [-0.3, -0.25) is 4.79 Å². The molecular weight excluding hydrogens is 525 g/mol. The van der Waals surface area contributed by atoms with Crippen LogP contribution in [-0.2, 0) is 12.1 Å². The van der Waals surface area contributed by atoms with Crippen LogP contribution in [0.5, 0.6) is 11.5 Å². The average Bonchev–Trinajstić information content (AvgIpc) is 3.37. The first kappa shape index (κ1) is 27.6. The highest BCUT2D eigenvalue weighted by atomic mass is 19.1. The van der Waals surface area contributed by atoms with E-state index in [4.69, 9.17) is 9.47 Å². The van der Waals surface area contributed by atoms with Crippen molar-refractivity contribution in [3.63, 3.8) is 0 Å². The van der Waals surface area contributed by atoms with E-state index in [2.05, 4.69) is 20.7 Å². The Morgan fingerprint density at radius 3 is 2.39 bits per heavy atom. The number of benzene rings is 3. The predicted octanol–water partition coefficient (Wildman–Crippen LogP) is 5.45. The maximum Gasteiger partial charge on any atom is 0.255 e. The van der Waals surface area contributed by atoms with Crippen LogP contribution in [-0.4, -0.2) is 39.8 Å². The SMILES string of the molecule is COc1cc(C(C)(C)O)ccc1Nc1nc2ccc(-c3ccc(C(=O)NCc4ccc(F)cc4)c(OC)c3)cn2n1. The Labute approximate surface area is 236 Å². The van der Waals surface area contributed by atoms with Crippen LogP contribution in [0, 0.1) is 5.82 Å². The van der Waals surface area contributed by atoms with E-state index < -0.39 is 5.60 Å². The van der Waals surface area contributed by atoms with Gasteiger partial charge >= 0.3 is 0 Å². The third-order valence-corrected chi connectivity index (χ3v) is 6.63. The molecule has 0 saturated heterocycles. The van der Waals surface area contributed by atoms with Gasteiger partial charge in [-0.1, -0.05) is 24.3 Å². The number of pyridine rings is 1. The Morgan fingerprint density at radius 1 is 0.951 bits per heavy atom. The lowest BCUT2D eigenvalue weighted by molar-refractivity contribution is 0.0783. The minimum Gasteiger partial charge on any atom is -0.496 e. The van der Waals surface area contributed by atoms with Crippen LogP contribution in [0.3, 0.4) is 0 Å². The second-order valence-electron chi connectivity index (χ2n) is 9.98. The standard InChI is InChI=1S/C31H30FN5O4/c1-31(2,39)22-9-13-25(27(16-22)41-4)34-30-35-28-14-8-21(18-37(28)36-30)20-7-12-24(26(15-20)40-3)29(38)33-17-19-5-10-23(32)11-6-19/h5-16,18,39H,17H2,1-4H3,(H,33,38)(H,34,36). The minimum atomic E-state index is -1.00. The summed E-state index contributed by atoms with van der Waals surface area (Å²) >= 11 is 0. The van der Waals surface area contributed by atoms with Crippen LogP contribution in [0.25, 0.3) is 16.8 Å². The van der Waals surface area contributed by atoms with Crippen LogP contribution >= 0.6 is 0 Å². The fraction of sp³-hybridized carbons (Fsp3) is 0.194. The van der Waals surface area contributed by atoms with Crippen LogP contribution in [0.4, 0.5) is 16.0 Å². The average molecular weight is 556 g/mol. The maximum absolute atomic E-state index is 13.1. The third kappa shape index (κ3) is 6.12. The molecule has 41 heavy (non-hydrogen) atoms. The lowest BCUT2D eigenvalue weighted by Crippen LogP contribution is -2.23. The summed E-state index contributed by atoms with van der Waals surface area (Å²) < 4.78 is 25.8. The number of methoxy groups -OCH3 is 2. The normalized spacial score (nSPS) is 11.4. The number of carbonyl (C=O) groups excluding carboxylic acids is 1. The van der Waals surface area contributed by atoms with Gasteiger partial charge < -0.3 is 25.2 Å². The topological polar surface area (TPSA) is 110 Å². The molecule has 5 rings (SSSR count). The number of aliphatic hydroxyl groups is 1. The van der Waals surface area contributed by atoms with Gasteiger partial charge in [0, 0.05) is 18.3 Å². The highest BCUT2D eigenvalue weighted by Gasteiger charge is 2.19. The second-order valence-corrected chi connectivity index (χ2v) is 9.98. The molecule has 2 aromatic heterocycles. The van der Waals surface area contributed by atoms with Crippen LogP contribution in [0.1, 0.15) is 35.3 Å². The van der Waals surface area contributed by atoms with Crippen molar-refractivity contribution in [1.29, 1.82) is 0 Å². The van der Waals surface area contributed by atoms with E-state index in [1.165, 1.54) is 19.2 Å². The van der Waals surface area contributed by atoms with Crippen molar-refractivity contribution in [2.24, 2.45) is 0 Å². The van der Waals surface area contributed by atoms with Crippen LogP contribution in [0.15, 0.2) is 79.0 Å². The summed E-state index contributed by atoms with van der Waals surface area (Å²) in [7, 11) is 3.07. The van der Waals surface area contributed by atoms with Gasteiger partial charge in [-0.15, -0.1) is 5.10 Å². The number of hydrogen-bond acceptors (Lipinski definition) is 7. The predicted molar refractivity (Wildman–Crippen MR) is 154 cm³/mol. The van der Waals surface area contributed by atoms with E-state index in [-0.39, 0.29) is 18.3 Å². The maximum atomic E-state index is 13.1. The molecule has 2 heterocycles. The summed E-state index contributed by atoms with van der Waals surface area (Å²) in [6.45, 7) is 3.69. The van der Waals surface area contributed by atoms with E-state index in [1.54, 1.807) is 55.8 Å². The van der Waals surface area contributed by atoms with Gasteiger partial charge in [0.1, 0.15) is 17.3 Å². The molecule has 0 aliphatic rings. The molecule has 5 aromatic rings. The molecule has 9 nitrogen and oxygen atoms in total. The first-order chi connectivity index (χ1) is 19.6. The molecule has 10 heteroatoms. The summed E-state index contributed by atoms with van der Waals surface area (Å²) in [4.78, 5) is 17.4. The van der Waals surface area contributed by atoms with Gasteiger partial charge in [-0.25, -0.2) is 8.91 Å². The molecule has 3 N–H and O–H groups in total. The van der Waals surface area contributed by atoms with Crippen molar-refractivity contribution in [2.75, 3.05) is 19.5 Å². The highest BCUT2D eigenvalue weighted by molar-refractivity contribution is 5.97. The Hall–Kier alpha value is -4.96. The number of anilines is 2. The first-order valence-corrected chi connectivity index (χ1v) is 12.9. The number of rotatable bonds is 9. The fourth-order valence-electron chi connectivity index (χ4n) is 4.34.